The largest absolute Gasteiger partial charge is 0.491 e. The molecule has 0 radical (unpaired) electrons. The molecule has 0 aromatic heterocycles. The summed E-state index contributed by atoms with van der Waals surface area (Å²) < 4.78 is 12.1. The van der Waals surface area contributed by atoms with Crippen molar-refractivity contribution in [3.05, 3.63) is 48.0 Å². The van der Waals surface area contributed by atoms with Gasteiger partial charge in [-0.2, -0.15) is 0 Å². The second-order valence-electron chi connectivity index (χ2n) is 5.99. The Balaban J connectivity index is 2.01. The summed E-state index contributed by atoms with van der Waals surface area (Å²) in [5.74, 6) is 1.79. The van der Waals surface area contributed by atoms with Gasteiger partial charge in [0, 0.05) is 6.07 Å². The van der Waals surface area contributed by atoms with Gasteiger partial charge >= 0.3 is 0 Å². The first-order valence-corrected chi connectivity index (χ1v) is 7.65. The number of benzene rings is 2. The Hall–Kier alpha value is -1.96. The predicted molar refractivity (Wildman–Crippen MR) is 86.0 cm³/mol. The maximum Gasteiger partial charge on any atom is 0.124 e. The summed E-state index contributed by atoms with van der Waals surface area (Å²) >= 11 is 0. The number of hydrogen-bond donors (Lipinski definition) is 0. The summed E-state index contributed by atoms with van der Waals surface area (Å²) in [4.78, 5) is 0. The molecule has 1 heterocycles. The monoisotopic (exact) mass is 282 g/mol. The lowest BCUT2D eigenvalue weighted by Gasteiger charge is -2.14. The molecule has 1 aliphatic rings. The molecule has 2 heteroatoms. The molecule has 0 spiro atoms. The van der Waals surface area contributed by atoms with Gasteiger partial charge in [0.2, 0.25) is 0 Å². The quantitative estimate of drug-likeness (QED) is 0.733. The molecule has 0 fully saturated rings. The van der Waals surface area contributed by atoms with Crippen LogP contribution in [-0.4, -0.2) is 12.2 Å². The van der Waals surface area contributed by atoms with Gasteiger partial charge in [0.25, 0.3) is 0 Å². The lowest BCUT2D eigenvalue weighted by Crippen LogP contribution is -2.16. The molecule has 2 nitrogen and oxygen atoms in total. The van der Waals surface area contributed by atoms with E-state index >= 15 is 0 Å². The molecule has 21 heavy (non-hydrogen) atoms. The van der Waals surface area contributed by atoms with Crippen molar-refractivity contribution in [3.63, 3.8) is 0 Å². The van der Waals surface area contributed by atoms with E-state index in [9.17, 15) is 0 Å². The molecule has 2 aromatic rings. The van der Waals surface area contributed by atoms with Gasteiger partial charge in [-0.25, -0.2) is 0 Å². The van der Waals surface area contributed by atoms with Crippen molar-refractivity contribution in [1.82, 2.24) is 0 Å². The standard InChI is InChI=1S/C19H22O2/c1-13-4-8-16(9-5-13)17-10-18-12-19(11-17)21-15(3)7-6-14(2)20-18/h4-5,8-12,14-15H,6-7H2,1-3H3. The molecular weight excluding hydrogens is 260 g/mol. The third-order valence-corrected chi connectivity index (χ3v) is 3.92. The van der Waals surface area contributed by atoms with E-state index in [1.54, 1.807) is 0 Å². The Morgan fingerprint density at radius 2 is 1.29 bits per heavy atom. The van der Waals surface area contributed by atoms with E-state index in [1.807, 2.05) is 6.07 Å². The Labute approximate surface area is 126 Å². The average molecular weight is 282 g/mol. The minimum Gasteiger partial charge on any atom is -0.491 e. The summed E-state index contributed by atoms with van der Waals surface area (Å²) in [5, 5.41) is 0. The second-order valence-corrected chi connectivity index (χ2v) is 5.99. The van der Waals surface area contributed by atoms with Gasteiger partial charge in [0.1, 0.15) is 11.5 Å². The maximum atomic E-state index is 6.03. The van der Waals surface area contributed by atoms with Crippen LogP contribution in [0.15, 0.2) is 42.5 Å². The Morgan fingerprint density at radius 3 is 1.81 bits per heavy atom. The predicted octanol–water partition coefficient (Wildman–Crippen LogP) is 4.99. The molecule has 2 aromatic carbocycles. The zero-order valence-corrected chi connectivity index (χ0v) is 12.9. The van der Waals surface area contributed by atoms with Crippen molar-refractivity contribution < 1.29 is 9.47 Å². The van der Waals surface area contributed by atoms with Crippen molar-refractivity contribution in [2.24, 2.45) is 0 Å². The lowest BCUT2D eigenvalue weighted by molar-refractivity contribution is 0.171. The third-order valence-electron chi connectivity index (χ3n) is 3.92. The third kappa shape index (κ3) is 3.38. The summed E-state index contributed by atoms with van der Waals surface area (Å²) in [7, 11) is 0. The fraction of sp³-hybridized carbons (Fsp3) is 0.368. The van der Waals surface area contributed by atoms with Crippen molar-refractivity contribution in [2.75, 3.05) is 0 Å². The van der Waals surface area contributed by atoms with Gasteiger partial charge in [-0.05, 0) is 56.9 Å². The first kappa shape index (κ1) is 14.0. The number of ether oxygens (including phenoxy) is 2. The van der Waals surface area contributed by atoms with Crippen molar-refractivity contribution in [2.45, 2.75) is 45.8 Å². The van der Waals surface area contributed by atoms with E-state index < -0.39 is 0 Å². The average Bonchev–Trinajstić information content (AvgIpc) is 2.49. The molecule has 2 atom stereocenters. The molecule has 0 aliphatic carbocycles. The van der Waals surface area contributed by atoms with E-state index in [1.165, 1.54) is 11.1 Å². The van der Waals surface area contributed by atoms with Crippen LogP contribution in [-0.2, 0) is 0 Å². The fourth-order valence-electron chi connectivity index (χ4n) is 2.67. The van der Waals surface area contributed by atoms with Gasteiger partial charge in [-0.15, -0.1) is 0 Å². The van der Waals surface area contributed by atoms with Crippen LogP contribution in [0.5, 0.6) is 11.5 Å². The highest BCUT2D eigenvalue weighted by atomic mass is 16.5. The van der Waals surface area contributed by atoms with E-state index in [2.05, 4.69) is 57.2 Å². The van der Waals surface area contributed by atoms with Crippen LogP contribution in [0.3, 0.4) is 0 Å². The SMILES string of the molecule is Cc1ccc(-c2cc3cc(c2)OC(C)CCC(C)O3)cc1. The van der Waals surface area contributed by atoms with Gasteiger partial charge in [-0.3, -0.25) is 0 Å². The van der Waals surface area contributed by atoms with Gasteiger partial charge < -0.3 is 9.47 Å². The van der Waals surface area contributed by atoms with E-state index in [0.29, 0.717) is 0 Å². The highest BCUT2D eigenvalue weighted by molar-refractivity contribution is 5.67. The Morgan fingerprint density at radius 1 is 0.762 bits per heavy atom. The van der Waals surface area contributed by atoms with Crippen LogP contribution in [0, 0.1) is 6.92 Å². The Bertz CT molecular complexity index is 586. The van der Waals surface area contributed by atoms with E-state index in [4.69, 9.17) is 9.47 Å². The summed E-state index contributed by atoms with van der Waals surface area (Å²) in [6, 6.07) is 14.7. The van der Waals surface area contributed by atoms with Crippen LogP contribution in [0.25, 0.3) is 11.1 Å². The minimum absolute atomic E-state index is 0.218. The number of fused-ring (bicyclic) bond motifs is 2. The molecule has 1 aliphatic heterocycles. The van der Waals surface area contributed by atoms with Crippen LogP contribution < -0.4 is 9.47 Å². The van der Waals surface area contributed by atoms with Crippen LogP contribution in [0.1, 0.15) is 32.3 Å². The minimum atomic E-state index is 0.218. The fourth-order valence-corrected chi connectivity index (χ4v) is 2.67. The lowest BCUT2D eigenvalue weighted by atomic mass is 10.0. The number of aryl methyl sites for hydroxylation is 1. The number of hydrogen-bond acceptors (Lipinski definition) is 2. The summed E-state index contributed by atoms with van der Waals surface area (Å²) in [6.45, 7) is 6.34. The van der Waals surface area contributed by atoms with Gasteiger partial charge in [0.05, 0.1) is 12.2 Å². The molecular formula is C19H22O2. The molecule has 2 unspecified atom stereocenters. The van der Waals surface area contributed by atoms with Crippen LogP contribution in [0.2, 0.25) is 0 Å². The molecule has 0 amide bonds. The highest BCUT2D eigenvalue weighted by Crippen LogP contribution is 2.32. The molecule has 3 rings (SSSR count). The summed E-state index contributed by atoms with van der Waals surface area (Å²) in [6.07, 6.45) is 2.46. The van der Waals surface area contributed by atoms with Gasteiger partial charge in [-0.1, -0.05) is 29.8 Å². The molecule has 2 bridgehead atoms. The normalized spacial score (nSPS) is 21.5. The van der Waals surface area contributed by atoms with Crippen LogP contribution in [0.4, 0.5) is 0 Å². The zero-order valence-electron chi connectivity index (χ0n) is 12.9. The van der Waals surface area contributed by atoms with E-state index in [0.717, 1.165) is 29.9 Å². The molecule has 0 N–H and O–H groups in total. The van der Waals surface area contributed by atoms with Crippen molar-refractivity contribution in [3.8, 4) is 22.6 Å². The van der Waals surface area contributed by atoms with Crippen LogP contribution >= 0.6 is 0 Å². The first-order chi connectivity index (χ1) is 10.1. The van der Waals surface area contributed by atoms with Gasteiger partial charge in [0.15, 0.2) is 0 Å². The highest BCUT2D eigenvalue weighted by Gasteiger charge is 2.15. The smallest absolute Gasteiger partial charge is 0.124 e. The number of rotatable bonds is 1. The molecule has 110 valence electrons. The second kappa shape index (κ2) is 5.80. The van der Waals surface area contributed by atoms with Crippen molar-refractivity contribution in [1.29, 1.82) is 0 Å². The topological polar surface area (TPSA) is 18.5 Å². The zero-order chi connectivity index (χ0) is 14.8. The summed E-state index contributed by atoms with van der Waals surface area (Å²) in [5.41, 5.74) is 3.60. The molecule has 0 saturated carbocycles. The van der Waals surface area contributed by atoms with E-state index in [-0.39, 0.29) is 12.2 Å². The maximum absolute atomic E-state index is 6.03. The Kier molecular flexibility index (Phi) is 3.87. The molecule has 0 saturated heterocycles. The van der Waals surface area contributed by atoms with Crippen molar-refractivity contribution >= 4 is 0 Å². The first-order valence-electron chi connectivity index (χ1n) is 7.65.